The minimum absolute atomic E-state index is 0.0229. The number of nitrogens with zero attached hydrogens (tertiary/aromatic N) is 4. The molecule has 0 saturated carbocycles. The van der Waals surface area contributed by atoms with Gasteiger partial charge in [0.15, 0.2) is 5.82 Å². The highest BCUT2D eigenvalue weighted by molar-refractivity contribution is 5.78. The number of aryl methyl sites for hydroxylation is 1. The summed E-state index contributed by atoms with van der Waals surface area (Å²) in [5.41, 5.74) is 1.69. The van der Waals surface area contributed by atoms with Crippen molar-refractivity contribution in [3.8, 4) is 0 Å². The lowest BCUT2D eigenvalue weighted by Crippen LogP contribution is -2.34. The third kappa shape index (κ3) is 3.51. The molecule has 0 spiro atoms. The van der Waals surface area contributed by atoms with Crippen LogP contribution in [0, 0.1) is 6.92 Å². The van der Waals surface area contributed by atoms with E-state index in [0.29, 0.717) is 18.2 Å². The number of aromatic nitrogens is 3. The number of anilines is 2. The zero-order valence-electron chi connectivity index (χ0n) is 13.9. The number of hydrogen-bond acceptors (Lipinski definition) is 6. The number of pyridine rings is 1. The van der Waals surface area contributed by atoms with Gasteiger partial charge >= 0.3 is 0 Å². The van der Waals surface area contributed by atoms with E-state index in [2.05, 4.69) is 20.3 Å². The highest BCUT2D eigenvalue weighted by Crippen LogP contribution is 2.34. The number of methoxy groups -OCH3 is 1. The lowest BCUT2D eigenvalue weighted by Gasteiger charge is -2.25. The van der Waals surface area contributed by atoms with E-state index in [0.717, 1.165) is 24.2 Å². The minimum Gasteiger partial charge on any atom is -0.375 e. The minimum atomic E-state index is -0.0892. The standard InChI is InChI=1S/C17H21N5O2/c1-12-5-3-7-14(20-12)21-17-16(18-8-9-19-17)13-6-4-10-22(13)15(23)11-24-2/h3,5,7-9,13H,4,6,10-11H2,1-2H3,(H,19,20,21)/t13-/m0/s1. The van der Waals surface area contributed by atoms with E-state index in [1.165, 1.54) is 7.11 Å². The third-order valence-corrected chi connectivity index (χ3v) is 4.02. The fraction of sp³-hybridized carbons (Fsp3) is 0.412. The number of rotatable bonds is 5. The van der Waals surface area contributed by atoms with Crippen LogP contribution >= 0.6 is 0 Å². The van der Waals surface area contributed by atoms with E-state index < -0.39 is 0 Å². The second-order valence-corrected chi connectivity index (χ2v) is 5.76. The second kappa shape index (κ2) is 7.35. The molecule has 2 aromatic heterocycles. The molecular formula is C17H21N5O2. The van der Waals surface area contributed by atoms with Gasteiger partial charge in [0.05, 0.1) is 6.04 Å². The predicted molar refractivity (Wildman–Crippen MR) is 89.9 cm³/mol. The number of ether oxygens (including phenoxy) is 1. The highest BCUT2D eigenvalue weighted by atomic mass is 16.5. The first-order valence-electron chi connectivity index (χ1n) is 7.99. The number of nitrogens with one attached hydrogen (secondary N) is 1. The molecule has 2 aromatic rings. The van der Waals surface area contributed by atoms with Crippen molar-refractivity contribution in [2.24, 2.45) is 0 Å². The summed E-state index contributed by atoms with van der Waals surface area (Å²) in [6.45, 7) is 2.73. The molecule has 1 amide bonds. The molecule has 24 heavy (non-hydrogen) atoms. The van der Waals surface area contributed by atoms with Gasteiger partial charge in [0.25, 0.3) is 0 Å². The molecule has 1 aliphatic heterocycles. The Morgan fingerprint density at radius 3 is 3.00 bits per heavy atom. The summed E-state index contributed by atoms with van der Waals surface area (Å²) in [4.78, 5) is 27.4. The maximum Gasteiger partial charge on any atom is 0.249 e. The highest BCUT2D eigenvalue weighted by Gasteiger charge is 2.32. The van der Waals surface area contributed by atoms with Gasteiger partial charge in [-0.25, -0.2) is 9.97 Å². The zero-order chi connectivity index (χ0) is 16.9. The summed E-state index contributed by atoms with van der Waals surface area (Å²) < 4.78 is 4.99. The fourth-order valence-corrected chi connectivity index (χ4v) is 2.98. The molecule has 1 fully saturated rings. The van der Waals surface area contributed by atoms with Crippen molar-refractivity contribution in [2.75, 3.05) is 25.6 Å². The number of carbonyl (C=O) groups is 1. The predicted octanol–water partition coefficient (Wildman–Crippen LogP) is 2.23. The molecule has 0 bridgehead atoms. The molecule has 3 rings (SSSR count). The van der Waals surface area contributed by atoms with Crippen LogP contribution < -0.4 is 5.32 Å². The van der Waals surface area contributed by atoms with Crippen LogP contribution in [0.3, 0.4) is 0 Å². The molecule has 0 unspecified atom stereocenters. The summed E-state index contributed by atoms with van der Waals surface area (Å²) >= 11 is 0. The smallest absolute Gasteiger partial charge is 0.249 e. The number of hydrogen-bond donors (Lipinski definition) is 1. The molecule has 1 atom stereocenters. The quantitative estimate of drug-likeness (QED) is 0.907. The average molecular weight is 327 g/mol. The van der Waals surface area contributed by atoms with Crippen LogP contribution in [0.1, 0.15) is 30.3 Å². The molecular weight excluding hydrogens is 306 g/mol. The maximum absolute atomic E-state index is 12.3. The van der Waals surface area contributed by atoms with Crippen LogP contribution in [-0.2, 0) is 9.53 Å². The van der Waals surface area contributed by atoms with Gasteiger partial charge in [-0.15, -0.1) is 0 Å². The van der Waals surface area contributed by atoms with Crippen LogP contribution in [0.2, 0.25) is 0 Å². The number of amides is 1. The number of likely N-dealkylation sites (tertiary alicyclic amines) is 1. The molecule has 126 valence electrons. The summed E-state index contributed by atoms with van der Waals surface area (Å²) in [7, 11) is 1.53. The summed E-state index contributed by atoms with van der Waals surface area (Å²) in [6, 6.07) is 5.66. The number of carbonyl (C=O) groups excluding carboxylic acids is 1. The lowest BCUT2D eigenvalue weighted by molar-refractivity contribution is -0.136. The Labute approximate surface area is 141 Å². The Bertz CT molecular complexity index is 722. The van der Waals surface area contributed by atoms with E-state index in [1.807, 2.05) is 30.0 Å². The average Bonchev–Trinajstić information content (AvgIpc) is 3.05. The normalized spacial score (nSPS) is 17.1. The van der Waals surface area contributed by atoms with Gasteiger partial charge in [-0.05, 0) is 31.9 Å². The van der Waals surface area contributed by atoms with Crippen LogP contribution in [0.25, 0.3) is 0 Å². The SMILES string of the molecule is COCC(=O)N1CCC[C@H]1c1nccnc1Nc1cccc(C)n1. The molecule has 0 aliphatic carbocycles. The van der Waals surface area contributed by atoms with Crippen LogP contribution in [0.4, 0.5) is 11.6 Å². The van der Waals surface area contributed by atoms with Gasteiger partial charge < -0.3 is 15.0 Å². The Kier molecular flexibility index (Phi) is 5.00. The summed E-state index contributed by atoms with van der Waals surface area (Å²) in [6.07, 6.45) is 5.10. The van der Waals surface area contributed by atoms with Crippen molar-refractivity contribution in [2.45, 2.75) is 25.8 Å². The summed E-state index contributed by atoms with van der Waals surface area (Å²) in [5.74, 6) is 1.33. The van der Waals surface area contributed by atoms with Crippen molar-refractivity contribution < 1.29 is 9.53 Å². The molecule has 1 saturated heterocycles. The fourth-order valence-electron chi connectivity index (χ4n) is 2.98. The van der Waals surface area contributed by atoms with Crippen molar-refractivity contribution in [1.29, 1.82) is 0 Å². The topological polar surface area (TPSA) is 80.2 Å². The Morgan fingerprint density at radius 2 is 2.21 bits per heavy atom. The van der Waals surface area contributed by atoms with Crippen LogP contribution in [-0.4, -0.2) is 46.0 Å². The molecule has 1 aliphatic rings. The van der Waals surface area contributed by atoms with E-state index in [-0.39, 0.29) is 18.6 Å². The molecule has 7 nitrogen and oxygen atoms in total. The van der Waals surface area contributed by atoms with E-state index in [4.69, 9.17) is 4.74 Å². The van der Waals surface area contributed by atoms with E-state index in [1.54, 1.807) is 12.4 Å². The molecule has 3 heterocycles. The first-order valence-corrected chi connectivity index (χ1v) is 7.99. The first kappa shape index (κ1) is 16.3. The van der Waals surface area contributed by atoms with Gasteiger partial charge in [0.1, 0.15) is 18.1 Å². The molecule has 7 heteroatoms. The molecule has 1 N–H and O–H groups in total. The van der Waals surface area contributed by atoms with Gasteiger partial charge in [-0.1, -0.05) is 6.07 Å². The second-order valence-electron chi connectivity index (χ2n) is 5.76. The van der Waals surface area contributed by atoms with Gasteiger partial charge in [-0.3, -0.25) is 9.78 Å². The summed E-state index contributed by atoms with van der Waals surface area (Å²) in [5, 5.41) is 3.23. The monoisotopic (exact) mass is 327 g/mol. The van der Waals surface area contributed by atoms with Crippen molar-refractivity contribution in [3.63, 3.8) is 0 Å². The largest absolute Gasteiger partial charge is 0.375 e. The van der Waals surface area contributed by atoms with Crippen molar-refractivity contribution in [3.05, 3.63) is 42.0 Å². The van der Waals surface area contributed by atoms with Crippen LogP contribution in [0.15, 0.2) is 30.6 Å². The van der Waals surface area contributed by atoms with Gasteiger partial charge in [0.2, 0.25) is 5.91 Å². The van der Waals surface area contributed by atoms with E-state index >= 15 is 0 Å². The zero-order valence-corrected chi connectivity index (χ0v) is 13.9. The molecule has 0 radical (unpaired) electrons. The lowest BCUT2D eigenvalue weighted by atomic mass is 10.1. The first-order chi connectivity index (χ1) is 11.7. The third-order valence-electron chi connectivity index (χ3n) is 4.02. The van der Waals surface area contributed by atoms with Gasteiger partial charge in [-0.2, -0.15) is 0 Å². The Morgan fingerprint density at radius 1 is 1.38 bits per heavy atom. The van der Waals surface area contributed by atoms with Crippen molar-refractivity contribution in [1.82, 2.24) is 19.9 Å². The maximum atomic E-state index is 12.3. The van der Waals surface area contributed by atoms with Crippen LogP contribution in [0.5, 0.6) is 0 Å². The Hall–Kier alpha value is -2.54. The van der Waals surface area contributed by atoms with E-state index in [9.17, 15) is 4.79 Å². The Balaban J connectivity index is 1.87. The van der Waals surface area contributed by atoms with Gasteiger partial charge in [0, 0.05) is 31.7 Å². The molecule has 0 aromatic carbocycles. The van der Waals surface area contributed by atoms with Crippen molar-refractivity contribution >= 4 is 17.5 Å².